The van der Waals surface area contributed by atoms with Crippen molar-refractivity contribution in [3.05, 3.63) is 24.3 Å². The van der Waals surface area contributed by atoms with Gasteiger partial charge in [-0.15, -0.1) is 0 Å². The van der Waals surface area contributed by atoms with Gasteiger partial charge in [0.2, 0.25) is 5.91 Å². The summed E-state index contributed by atoms with van der Waals surface area (Å²) in [4.78, 5) is 13.1. The molecule has 1 heterocycles. The Labute approximate surface area is 380 Å². The number of rotatable bonds is 44. The van der Waals surface area contributed by atoms with Crippen LogP contribution in [0.1, 0.15) is 239 Å². The average Bonchev–Trinajstić information content (AvgIpc) is 3.27. The maximum absolute atomic E-state index is 13.1. The van der Waals surface area contributed by atoms with Crippen LogP contribution in [0, 0.1) is 0 Å². The molecule has 10 heteroatoms. The summed E-state index contributed by atoms with van der Waals surface area (Å²) < 4.78 is 11.2. The van der Waals surface area contributed by atoms with Gasteiger partial charge >= 0.3 is 0 Å². The van der Waals surface area contributed by atoms with Crippen LogP contribution < -0.4 is 5.32 Å². The highest BCUT2D eigenvalue weighted by Gasteiger charge is 2.44. The van der Waals surface area contributed by atoms with E-state index in [1.165, 1.54) is 173 Å². The predicted molar refractivity (Wildman–Crippen MR) is 255 cm³/mol. The molecule has 0 aromatic rings. The third-order valence-electron chi connectivity index (χ3n) is 12.6. The maximum atomic E-state index is 13.1. The van der Waals surface area contributed by atoms with E-state index in [0.717, 1.165) is 38.5 Å². The number of nitrogens with one attached hydrogen (secondary N) is 1. The first kappa shape index (κ1) is 58.6. The highest BCUT2D eigenvalue weighted by molar-refractivity contribution is 5.80. The molecule has 8 atom stereocenters. The van der Waals surface area contributed by atoms with Gasteiger partial charge in [-0.05, 0) is 44.9 Å². The van der Waals surface area contributed by atoms with Gasteiger partial charge in [-0.2, -0.15) is 0 Å². The van der Waals surface area contributed by atoms with Crippen molar-refractivity contribution in [1.29, 1.82) is 0 Å². The molecule has 1 aliphatic heterocycles. The lowest BCUT2D eigenvalue weighted by molar-refractivity contribution is -0.302. The van der Waals surface area contributed by atoms with E-state index in [0.29, 0.717) is 12.8 Å². The topological polar surface area (TPSA) is 169 Å². The predicted octanol–water partition coefficient (Wildman–Crippen LogP) is 10.8. The molecule has 10 nitrogen and oxygen atoms in total. The van der Waals surface area contributed by atoms with Gasteiger partial charge in [-0.25, -0.2) is 0 Å². The van der Waals surface area contributed by atoms with Crippen LogP contribution in [0.25, 0.3) is 0 Å². The minimum absolute atomic E-state index is 0.305. The number of carbonyl (C=O) groups excluding carboxylic acids is 1. The molecular formula is C52H99NO9. The van der Waals surface area contributed by atoms with Gasteiger partial charge < -0.3 is 45.4 Å². The molecule has 1 aliphatic rings. The van der Waals surface area contributed by atoms with Crippen molar-refractivity contribution < 1.29 is 44.9 Å². The minimum Gasteiger partial charge on any atom is -0.394 e. The van der Waals surface area contributed by atoms with E-state index < -0.39 is 61.5 Å². The zero-order chi connectivity index (χ0) is 45.3. The average molecular weight is 882 g/mol. The molecular weight excluding hydrogens is 783 g/mol. The number of carbonyl (C=O) groups is 1. The smallest absolute Gasteiger partial charge is 0.249 e. The Hall–Kier alpha value is -1.37. The summed E-state index contributed by atoms with van der Waals surface area (Å²) >= 11 is 0. The SMILES string of the molecule is CCCCCCCCCCCCC/C=C/C(O)C(COC1OC(CO)C(O)C(O)C1O)NC(=O)C(O)CCCCCCCCCC/C=C\CCCCCCCCCCCCCC. The lowest BCUT2D eigenvalue weighted by Crippen LogP contribution is -2.60. The van der Waals surface area contributed by atoms with Crippen LogP contribution >= 0.6 is 0 Å². The molecule has 1 saturated heterocycles. The van der Waals surface area contributed by atoms with Crippen LogP contribution in [0.15, 0.2) is 24.3 Å². The number of amides is 1. The van der Waals surface area contributed by atoms with Gasteiger partial charge in [-0.3, -0.25) is 4.79 Å². The van der Waals surface area contributed by atoms with Crippen molar-refractivity contribution in [2.45, 2.75) is 288 Å². The fourth-order valence-electron chi connectivity index (χ4n) is 8.33. The fourth-order valence-corrected chi connectivity index (χ4v) is 8.33. The van der Waals surface area contributed by atoms with Crippen molar-refractivity contribution in [2.24, 2.45) is 0 Å². The molecule has 0 saturated carbocycles. The van der Waals surface area contributed by atoms with E-state index in [4.69, 9.17) is 9.47 Å². The van der Waals surface area contributed by atoms with Crippen LogP contribution in [0.3, 0.4) is 0 Å². The Kier molecular flexibility index (Phi) is 40.0. The second-order valence-corrected chi connectivity index (χ2v) is 18.5. The number of hydrogen-bond acceptors (Lipinski definition) is 9. The van der Waals surface area contributed by atoms with E-state index in [1.54, 1.807) is 6.08 Å². The first-order valence-electron chi connectivity index (χ1n) is 26.2. The highest BCUT2D eigenvalue weighted by Crippen LogP contribution is 2.23. The summed E-state index contributed by atoms with van der Waals surface area (Å²) in [7, 11) is 0. The Balaban J connectivity index is 2.29. The molecule has 62 heavy (non-hydrogen) atoms. The maximum Gasteiger partial charge on any atom is 0.249 e. The third kappa shape index (κ3) is 31.5. The number of aliphatic hydroxyl groups is 6. The largest absolute Gasteiger partial charge is 0.394 e. The lowest BCUT2D eigenvalue weighted by atomic mass is 9.99. The second kappa shape index (κ2) is 42.3. The van der Waals surface area contributed by atoms with E-state index in [-0.39, 0.29) is 6.61 Å². The zero-order valence-electron chi connectivity index (χ0n) is 40.0. The quantitative estimate of drug-likeness (QED) is 0.0233. The minimum atomic E-state index is -1.61. The highest BCUT2D eigenvalue weighted by atomic mass is 16.7. The number of unbranched alkanes of at least 4 members (excludes halogenated alkanes) is 31. The van der Waals surface area contributed by atoms with Crippen LogP contribution in [0.2, 0.25) is 0 Å². The summed E-state index contributed by atoms with van der Waals surface area (Å²) in [6, 6.07) is -0.979. The molecule has 1 amide bonds. The van der Waals surface area contributed by atoms with E-state index in [2.05, 4.69) is 31.3 Å². The molecule has 0 radical (unpaired) electrons. The summed E-state index contributed by atoms with van der Waals surface area (Å²) in [5, 5.41) is 64.8. The number of hydrogen-bond donors (Lipinski definition) is 7. The molecule has 1 rings (SSSR count). The Morgan fingerprint density at radius 2 is 0.935 bits per heavy atom. The first-order valence-corrected chi connectivity index (χ1v) is 26.2. The van der Waals surface area contributed by atoms with Crippen molar-refractivity contribution in [3.63, 3.8) is 0 Å². The molecule has 7 N–H and O–H groups in total. The molecule has 0 aliphatic carbocycles. The molecule has 0 spiro atoms. The molecule has 0 aromatic carbocycles. The third-order valence-corrected chi connectivity index (χ3v) is 12.6. The summed E-state index contributed by atoms with van der Waals surface area (Å²) in [6.45, 7) is 3.62. The molecule has 0 aromatic heterocycles. The van der Waals surface area contributed by atoms with Crippen molar-refractivity contribution in [1.82, 2.24) is 5.32 Å². The zero-order valence-corrected chi connectivity index (χ0v) is 40.0. The van der Waals surface area contributed by atoms with Crippen LogP contribution in [0.4, 0.5) is 0 Å². The van der Waals surface area contributed by atoms with Crippen molar-refractivity contribution >= 4 is 5.91 Å². The van der Waals surface area contributed by atoms with Gasteiger partial charge in [0.25, 0.3) is 0 Å². The lowest BCUT2D eigenvalue weighted by Gasteiger charge is -2.40. The van der Waals surface area contributed by atoms with Crippen LogP contribution in [-0.2, 0) is 14.3 Å². The van der Waals surface area contributed by atoms with Crippen molar-refractivity contribution in [2.75, 3.05) is 13.2 Å². The fraction of sp³-hybridized carbons (Fsp3) is 0.904. The first-order chi connectivity index (χ1) is 30.3. The number of allylic oxidation sites excluding steroid dienone is 3. The molecule has 8 unspecified atom stereocenters. The molecule has 1 fully saturated rings. The molecule has 366 valence electrons. The van der Waals surface area contributed by atoms with E-state index in [1.807, 2.05) is 6.08 Å². The summed E-state index contributed by atoms with van der Waals surface area (Å²) in [6.07, 6.45) is 41.3. The monoisotopic (exact) mass is 882 g/mol. The molecule has 0 bridgehead atoms. The van der Waals surface area contributed by atoms with Gasteiger partial charge in [0.15, 0.2) is 6.29 Å². The Morgan fingerprint density at radius 3 is 1.35 bits per heavy atom. The standard InChI is InChI=1S/C52H99NO9/c1-3-5-7-9-11-13-15-17-18-19-20-21-22-23-24-25-26-27-29-31-33-35-37-39-41-46(56)51(60)53-44(43-61-52-50(59)49(58)48(57)47(42-54)62-52)45(55)40-38-36-34-32-30-28-16-14-12-10-8-6-4-2/h23-24,38,40,44-50,52,54-59H,3-22,25-37,39,41-43H2,1-2H3,(H,53,60)/b24-23-,40-38+. The van der Waals surface area contributed by atoms with Crippen molar-refractivity contribution in [3.8, 4) is 0 Å². The summed E-state index contributed by atoms with van der Waals surface area (Å²) in [5.41, 5.74) is 0. The van der Waals surface area contributed by atoms with E-state index >= 15 is 0 Å². The van der Waals surface area contributed by atoms with Gasteiger partial charge in [0, 0.05) is 0 Å². The Bertz CT molecular complexity index is 1040. The van der Waals surface area contributed by atoms with Gasteiger partial charge in [0.1, 0.15) is 30.5 Å². The second-order valence-electron chi connectivity index (χ2n) is 18.5. The number of aliphatic hydroxyl groups excluding tert-OH is 6. The van der Waals surface area contributed by atoms with Crippen LogP contribution in [-0.4, -0.2) is 98.7 Å². The van der Waals surface area contributed by atoms with Crippen LogP contribution in [0.5, 0.6) is 0 Å². The van der Waals surface area contributed by atoms with E-state index in [9.17, 15) is 35.4 Å². The Morgan fingerprint density at radius 1 is 0.548 bits per heavy atom. The summed E-state index contributed by atoms with van der Waals surface area (Å²) in [5.74, 6) is -0.617. The normalized spacial score (nSPS) is 20.9. The number of ether oxygens (including phenoxy) is 2. The van der Waals surface area contributed by atoms with Gasteiger partial charge in [0.05, 0.1) is 25.4 Å². The van der Waals surface area contributed by atoms with Gasteiger partial charge in [-0.1, -0.05) is 218 Å².